The molecule has 0 N–H and O–H groups in total. The van der Waals surface area contributed by atoms with Crippen LogP contribution in [-0.2, 0) is 0 Å². The third-order valence-electron chi connectivity index (χ3n) is 2.29. The Bertz CT molecular complexity index is 179. The molecule has 0 amide bonds. The maximum atomic E-state index is 5.72. The van der Waals surface area contributed by atoms with Crippen LogP contribution in [0, 0.1) is 5.92 Å². The first-order valence-electron chi connectivity index (χ1n) is 4.35. The molecule has 0 aromatic rings. The molecule has 0 fully saturated rings. The highest BCUT2D eigenvalue weighted by molar-refractivity contribution is 14.1. The Kier molecular flexibility index (Phi) is 4.17. The Morgan fingerprint density at radius 3 is 2.83 bits per heavy atom. The van der Waals surface area contributed by atoms with Crippen LogP contribution in [0.4, 0.5) is 0 Å². The van der Waals surface area contributed by atoms with Gasteiger partial charge in [0, 0.05) is 18.1 Å². The van der Waals surface area contributed by atoms with Gasteiger partial charge in [0.2, 0.25) is 0 Å². The van der Waals surface area contributed by atoms with E-state index in [0.29, 0.717) is 12.0 Å². The Hall–Kier alpha value is 0.560. The lowest BCUT2D eigenvalue weighted by atomic mass is 9.99. The second kappa shape index (κ2) is 4.70. The lowest BCUT2D eigenvalue weighted by molar-refractivity contribution is 0.485. The van der Waals surface area contributed by atoms with Crippen molar-refractivity contribution in [1.82, 2.24) is 3.11 Å². The zero-order valence-electron chi connectivity index (χ0n) is 7.56. The van der Waals surface area contributed by atoms with Crippen LogP contribution in [0.25, 0.3) is 0 Å². The number of alkyl halides is 1. The lowest BCUT2D eigenvalue weighted by Gasteiger charge is -2.16. The van der Waals surface area contributed by atoms with Crippen molar-refractivity contribution in [2.45, 2.75) is 32.7 Å². The van der Waals surface area contributed by atoms with Gasteiger partial charge in [-0.2, -0.15) is 0 Å². The minimum absolute atomic E-state index is 0.639. The molecule has 0 bridgehead atoms. The Labute approximate surface area is 93.6 Å². The van der Waals surface area contributed by atoms with Crippen molar-refractivity contribution in [2.75, 3.05) is 5.88 Å². The highest BCUT2D eigenvalue weighted by Crippen LogP contribution is 2.31. The van der Waals surface area contributed by atoms with Crippen LogP contribution < -0.4 is 0 Å². The molecule has 12 heavy (non-hydrogen) atoms. The molecule has 0 aromatic heterocycles. The summed E-state index contributed by atoms with van der Waals surface area (Å²) in [5, 5.41) is 0. The van der Waals surface area contributed by atoms with Crippen molar-refractivity contribution in [3.63, 3.8) is 0 Å². The Balaban J connectivity index is 2.48. The van der Waals surface area contributed by atoms with Crippen LogP contribution >= 0.6 is 34.5 Å². The molecule has 0 saturated heterocycles. The molecule has 1 unspecified atom stereocenters. The SMILES string of the molecule is CC(C)C1=CN(I)C(CCCl)C1. The van der Waals surface area contributed by atoms with Gasteiger partial charge in [0.1, 0.15) is 0 Å². The van der Waals surface area contributed by atoms with Crippen molar-refractivity contribution in [3.05, 3.63) is 11.8 Å². The van der Waals surface area contributed by atoms with E-state index in [1.54, 1.807) is 5.57 Å². The predicted molar refractivity (Wildman–Crippen MR) is 62.5 cm³/mol. The van der Waals surface area contributed by atoms with E-state index in [9.17, 15) is 0 Å². The van der Waals surface area contributed by atoms with Gasteiger partial charge < -0.3 is 3.11 Å². The van der Waals surface area contributed by atoms with Gasteiger partial charge in [0.15, 0.2) is 0 Å². The summed E-state index contributed by atoms with van der Waals surface area (Å²) >= 11 is 8.09. The van der Waals surface area contributed by atoms with E-state index in [1.807, 2.05) is 0 Å². The van der Waals surface area contributed by atoms with Crippen molar-refractivity contribution in [3.8, 4) is 0 Å². The van der Waals surface area contributed by atoms with Gasteiger partial charge in [-0.1, -0.05) is 13.8 Å². The molecule has 1 heterocycles. The molecule has 0 radical (unpaired) electrons. The fraction of sp³-hybridized carbons (Fsp3) is 0.778. The van der Waals surface area contributed by atoms with Crippen LogP contribution in [-0.4, -0.2) is 15.0 Å². The maximum Gasteiger partial charge on any atom is 0.0588 e. The van der Waals surface area contributed by atoms with Gasteiger partial charge in [0.25, 0.3) is 0 Å². The molecule has 1 nitrogen and oxygen atoms in total. The number of nitrogens with zero attached hydrogens (tertiary/aromatic N) is 1. The van der Waals surface area contributed by atoms with Crippen LogP contribution in [0.2, 0.25) is 0 Å². The highest BCUT2D eigenvalue weighted by Gasteiger charge is 2.23. The number of rotatable bonds is 3. The maximum absolute atomic E-state index is 5.72. The van der Waals surface area contributed by atoms with Crippen molar-refractivity contribution >= 4 is 34.5 Å². The molecule has 0 spiro atoms. The summed E-state index contributed by atoms with van der Waals surface area (Å²) in [7, 11) is 0. The van der Waals surface area contributed by atoms with Crippen LogP contribution in [0.15, 0.2) is 11.8 Å². The van der Waals surface area contributed by atoms with E-state index in [4.69, 9.17) is 11.6 Å². The third kappa shape index (κ3) is 2.52. The van der Waals surface area contributed by atoms with E-state index in [2.05, 4.69) is 46.0 Å². The summed E-state index contributed by atoms with van der Waals surface area (Å²) in [6, 6.07) is 0.639. The average molecular weight is 300 g/mol. The van der Waals surface area contributed by atoms with Gasteiger partial charge in [-0.15, -0.1) is 11.6 Å². The molecule has 1 rings (SSSR count). The normalized spacial score (nSPS) is 23.6. The van der Waals surface area contributed by atoms with Gasteiger partial charge in [-0.3, -0.25) is 0 Å². The largest absolute Gasteiger partial charge is 0.318 e. The number of hydrogen-bond donors (Lipinski definition) is 0. The smallest absolute Gasteiger partial charge is 0.0588 e. The third-order valence-corrected chi connectivity index (χ3v) is 3.58. The molecule has 0 aromatic carbocycles. The minimum Gasteiger partial charge on any atom is -0.318 e. The fourth-order valence-electron chi connectivity index (χ4n) is 1.41. The predicted octanol–water partition coefficient (Wildman–Crippen LogP) is 3.58. The van der Waals surface area contributed by atoms with Gasteiger partial charge in [-0.25, -0.2) is 0 Å². The Morgan fingerprint density at radius 1 is 1.75 bits per heavy atom. The molecule has 1 atom stereocenters. The van der Waals surface area contributed by atoms with E-state index in [-0.39, 0.29) is 0 Å². The molecular formula is C9H15ClIN. The minimum atomic E-state index is 0.639. The summed E-state index contributed by atoms with van der Waals surface area (Å²) < 4.78 is 2.27. The summed E-state index contributed by atoms with van der Waals surface area (Å²) in [6.07, 6.45) is 4.56. The summed E-state index contributed by atoms with van der Waals surface area (Å²) in [4.78, 5) is 0. The van der Waals surface area contributed by atoms with Gasteiger partial charge in [-0.05, 0) is 24.3 Å². The fourth-order valence-corrected chi connectivity index (χ4v) is 2.50. The molecular weight excluding hydrogens is 284 g/mol. The van der Waals surface area contributed by atoms with Crippen molar-refractivity contribution in [2.24, 2.45) is 5.92 Å². The first-order chi connectivity index (χ1) is 5.65. The average Bonchev–Trinajstić information content (AvgIpc) is 2.34. The molecule has 0 saturated carbocycles. The van der Waals surface area contributed by atoms with Crippen LogP contribution in [0.5, 0.6) is 0 Å². The second-order valence-electron chi connectivity index (χ2n) is 3.54. The van der Waals surface area contributed by atoms with Crippen LogP contribution in [0.3, 0.4) is 0 Å². The van der Waals surface area contributed by atoms with E-state index in [0.717, 1.165) is 12.3 Å². The zero-order chi connectivity index (χ0) is 9.14. The highest BCUT2D eigenvalue weighted by atomic mass is 127. The quantitative estimate of drug-likeness (QED) is 0.437. The summed E-state index contributed by atoms with van der Waals surface area (Å²) in [5.74, 6) is 1.45. The van der Waals surface area contributed by atoms with Gasteiger partial charge >= 0.3 is 0 Å². The molecule has 3 heteroatoms. The van der Waals surface area contributed by atoms with Crippen LogP contribution in [0.1, 0.15) is 26.7 Å². The molecule has 0 aliphatic carbocycles. The first-order valence-corrected chi connectivity index (χ1v) is 5.85. The second-order valence-corrected chi connectivity index (χ2v) is 5.03. The molecule has 1 aliphatic rings. The van der Waals surface area contributed by atoms with Crippen molar-refractivity contribution in [1.29, 1.82) is 0 Å². The monoisotopic (exact) mass is 299 g/mol. The zero-order valence-corrected chi connectivity index (χ0v) is 10.5. The van der Waals surface area contributed by atoms with Gasteiger partial charge in [0.05, 0.1) is 22.9 Å². The number of hydrogen-bond acceptors (Lipinski definition) is 1. The lowest BCUT2D eigenvalue weighted by Crippen LogP contribution is -2.17. The standard InChI is InChI=1S/C9H15ClIN/c1-7(2)8-5-9(3-4-10)12(11)6-8/h6-7,9H,3-5H2,1-2H3. The molecule has 1 aliphatic heterocycles. The Morgan fingerprint density at radius 2 is 2.42 bits per heavy atom. The first kappa shape index (κ1) is 10.6. The summed E-state index contributed by atoms with van der Waals surface area (Å²) in [6.45, 7) is 4.50. The van der Waals surface area contributed by atoms with E-state index < -0.39 is 0 Å². The summed E-state index contributed by atoms with van der Waals surface area (Å²) in [5.41, 5.74) is 1.56. The van der Waals surface area contributed by atoms with Crippen molar-refractivity contribution < 1.29 is 0 Å². The van der Waals surface area contributed by atoms with E-state index in [1.165, 1.54) is 6.42 Å². The number of halogens is 2. The topological polar surface area (TPSA) is 3.24 Å². The molecule has 70 valence electrons. The van der Waals surface area contributed by atoms with E-state index >= 15 is 0 Å².